The van der Waals surface area contributed by atoms with Crippen LogP contribution in [0.5, 0.6) is 0 Å². The summed E-state index contributed by atoms with van der Waals surface area (Å²) >= 11 is 0. The van der Waals surface area contributed by atoms with Gasteiger partial charge in [-0.3, -0.25) is 14.4 Å². The van der Waals surface area contributed by atoms with Crippen molar-refractivity contribution in [2.24, 2.45) is 0 Å². The maximum absolute atomic E-state index is 12.5. The first-order valence-corrected chi connectivity index (χ1v) is 6.59. The fourth-order valence-corrected chi connectivity index (χ4v) is 2.41. The number of hydrogen-bond donors (Lipinski definition) is 0. The Hall–Kier alpha value is -2.81. The molecule has 0 heterocycles. The number of allylic oxidation sites excluding steroid dienone is 1. The Labute approximate surface area is 121 Å². The van der Waals surface area contributed by atoms with Crippen molar-refractivity contribution in [1.29, 1.82) is 0 Å². The van der Waals surface area contributed by atoms with E-state index < -0.39 is 11.6 Å². The molecule has 0 amide bonds. The molecule has 3 rings (SSSR count). The molecule has 2 aromatic rings. The molecule has 0 saturated heterocycles. The number of hydrogen-bond acceptors (Lipinski definition) is 3. The summed E-state index contributed by atoms with van der Waals surface area (Å²) in [6.07, 6.45) is 2.82. The van der Waals surface area contributed by atoms with E-state index in [-0.39, 0.29) is 5.78 Å². The van der Waals surface area contributed by atoms with Crippen LogP contribution in [0, 0.1) is 6.92 Å². The summed E-state index contributed by atoms with van der Waals surface area (Å²) in [6.45, 7) is 1.88. The van der Waals surface area contributed by atoms with Gasteiger partial charge in [-0.15, -0.1) is 0 Å². The van der Waals surface area contributed by atoms with Crippen LogP contribution in [0.25, 0.3) is 6.08 Å². The van der Waals surface area contributed by atoms with Crippen molar-refractivity contribution < 1.29 is 14.4 Å². The Balaban J connectivity index is 2.05. The summed E-state index contributed by atoms with van der Waals surface area (Å²) in [4.78, 5) is 35.6. The van der Waals surface area contributed by atoms with Crippen LogP contribution in [-0.4, -0.2) is 17.3 Å². The van der Waals surface area contributed by atoms with Gasteiger partial charge in [-0.25, -0.2) is 0 Å². The van der Waals surface area contributed by atoms with Gasteiger partial charge in [0.25, 0.3) is 0 Å². The van der Waals surface area contributed by atoms with Crippen molar-refractivity contribution in [3.8, 4) is 0 Å². The number of Topliss-reactive ketones (excluding diaryl/α,β-unsaturated/α-hetero) is 1. The molecular formula is C18H12O3. The molecule has 0 bridgehead atoms. The monoisotopic (exact) mass is 276 g/mol. The number of fused-ring (bicyclic) bond motifs is 1. The van der Waals surface area contributed by atoms with E-state index in [1.54, 1.807) is 30.3 Å². The number of benzene rings is 2. The van der Waals surface area contributed by atoms with Gasteiger partial charge in [-0.2, -0.15) is 0 Å². The van der Waals surface area contributed by atoms with Gasteiger partial charge in [0.2, 0.25) is 11.6 Å². The fourth-order valence-electron chi connectivity index (χ4n) is 2.41. The van der Waals surface area contributed by atoms with Gasteiger partial charge in [0, 0.05) is 16.7 Å². The number of rotatable bonds is 2. The Kier molecular flexibility index (Phi) is 3.10. The second-order valence-electron chi connectivity index (χ2n) is 4.97. The molecular weight excluding hydrogens is 264 g/mol. The molecule has 21 heavy (non-hydrogen) atoms. The largest absolute Gasteiger partial charge is 0.289 e. The zero-order chi connectivity index (χ0) is 15.0. The molecule has 102 valence electrons. The molecule has 3 heteroatoms. The van der Waals surface area contributed by atoms with Crippen LogP contribution in [-0.2, 0) is 4.79 Å². The van der Waals surface area contributed by atoms with E-state index in [4.69, 9.17) is 0 Å². The average molecular weight is 276 g/mol. The van der Waals surface area contributed by atoms with E-state index in [0.717, 1.165) is 5.56 Å². The van der Waals surface area contributed by atoms with Gasteiger partial charge in [0.15, 0.2) is 5.78 Å². The Morgan fingerprint density at radius 3 is 2.48 bits per heavy atom. The lowest BCUT2D eigenvalue weighted by atomic mass is 9.91. The number of ketones is 3. The quantitative estimate of drug-likeness (QED) is 0.626. The lowest BCUT2D eigenvalue weighted by Gasteiger charge is -2.11. The predicted molar refractivity (Wildman–Crippen MR) is 79.4 cm³/mol. The first kappa shape index (κ1) is 13.2. The van der Waals surface area contributed by atoms with E-state index in [1.165, 1.54) is 6.08 Å². The van der Waals surface area contributed by atoms with Crippen LogP contribution in [0.3, 0.4) is 0 Å². The van der Waals surface area contributed by atoms with Crippen molar-refractivity contribution in [3.05, 3.63) is 76.4 Å². The third-order valence-electron chi connectivity index (χ3n) is 3.59. The summed E-state index contributed by atoms with van der Waals surface area (Å²) in [7, 11) is 0. The topological polar surface area (TPSA) is 51.2 Å². The lowest BCUT2D eigenvalue weighted by Crippen LogP contribution is -2.16. The highest BCUT2D eigenvalue weighted by Crippen LogP contribution is 2.21. The SMILES string of the molecule is Cc1ccccc1C(=O)c1ccc2c(c1)C=CC(=O)C2=O. The second-order valence-corrected chi connectivity index (χ2v) is 4.97. The number of aryl methyl sites for hydroxylation is 1. The van der Waals surface area contributed by atoms with Crippen LogP contribution in [0.4, 0.5) is 0 Å². The van der Waals surface area contributed by atoms with Gasteiger partial charge in [0.1, 0.15) is 0 Å². The summed E-state index contributed by atoms with van der Waals surface area (Å²) in [6, 6.07) is 12.2. The molecule has 0 saturated carbocycles. The van der Waals surface area contributed by atoms with Crippen LogP contribution in [0.15, 0.2) is 48.5 Å². The summed E-state index contributed by atoms with van der Waals surface area (Å²) in [5.41, 5.74) is 3.01. The molecule has 1 aliphatic rings. The highest BCUT2D eigenvalue weighted by molar-refractivity contribution is 6.50. The summed E-state index contributed by atoms with van der Waals surface area (Å²) < 4.78 is 0. The minimum Gasteiger partial charge on any atom is -0.289 e. The van der Waals surface area contributed by atoms with Gasteiger partial charge in [-0.1, -0.05) is 36.4 Å². The molecule has 3 nitrogen and oxygen atoms in total. The number of carbonyl (C=O) groups is 3. The minimum absolute atomic E-state index is 0.0892. The summed E-state index contributed by atoms with van der Waals surface area (Å²) in [5.74, 6) is -1.14. The van der Waals surface area contributed by atoms with Crippen LogP contribution in [0.1, 0.15) is 37.4 Å². The summed E-state index contributed by atoms with van der Waals surface area (Å²) in [5, 5.41) is 0. The van der Waals surface area contributed by atoms with Crippen molar-refractivity contribution >= 4 is 23.4 Å². The van der Waals surface area contributed by atoms with Gasteiger partial charge in [0.05, 0.1) is 0 Å². The second kappa shape index (κ2) is 4.94. The Morgan fingerprint density at radius 1 is 0.952 bits per heavy atom. The third-order valence-corrected chi connectivity index (χ3v) is 3.59. The van der Waals surface area contributed by atoms with E-state index in [9.17, 15) is 14.4 Å². The van der Waals surface area contributed by atoms with Gasteiger partial charge < -0.3 is 0 Å². The highest BCUT2D eigenvalue weighted by atomic mass is 16.2. The van der Waals surface area contributed by atoms with E-state index in [0.29, 0.717) is 22.3 Å². The molecule has 0 spiro atoms. The number of carbonyl (C=O) groups excluding carboxylic acids is 3. The molecule has 1 aliphatic carbocycles. The van der Waals surface area contributed by atoms with Crippen molar-refractivity contribution in [3.63, 3.8) is 0 Å². The van der Waals surface area contributed by atoms with E-state index >= 15 is 0 Å². The van der Waals surface area contributed by atoms with Crippen molar-refractivity contribution in [2.75, 3.05) is 0 Å². The van der Waals surface area contributed by atoms with E-state index in [1.807, 2.05) is 25.1 Å². The maximum Gasteiger partial charge on any atom is 0.233 e. The normalized spacial score (nSPS) is 13.2. The first-order valence-electron chi connectivity index (χ1n) is 6.59. The molecule has 0 N–H and O–H groups in total. The molecule has 0 aromatic heterocycles. The molecule has 0 radical (unpaired) electrons. The standard InChI is InChI=1S/C18H12O3/c1-11-4-2-3-5-14(11)17(20)13-6-8-15-12(10-13)7-9-16(19)18(15)21/h2-10H,1H3. The van der Waals surface area contributed by atoms with E-state index in [2.05, 4.69) is 0 Å². The molecule has 0 fully saturated rings. The Bertz CT molecular complexity index is 813. The van der Waals surface area contributed by atoms with Gasteiger partial charge >= 0.3 is 0 Å². The third kappa shape index (κ3) is 2.23. The zero-order valence-electron chi connectivity index (χ0n) is 11.4. The van der Waals surface area contributed by atoms with Crippen LogP contribution < -0.4 is 0 Å². The average Bonchev–Trinajstić information content (AvgIpc) is 2.50. The highest BCUT2D eigenvalue weighted by Gasteiger charge is 2.22. The van der Waals surface area contributed by atoms with Crippen molar-refractivity contribution in [2.45, 2.75) is 6.92 Å². The maximum atomic E-state index is 12.5. The van der Waals surface area contributed by atoms with Gasteiger partial charge in [-0.05, 0) is 36.3 Å². The van der Waals surface area contributed by atoms with Crippen LogP contribution >= 0.6 is 0 Å². The fraction of sp³-hybridized carbons (Fsp3) is 0.0556. The predicted octanol–water partition coefficient (Wildman–Crippen LogP) is 3.00. The smallest absolute Gasteiger partial charge is 0.233 e. The van der Waals surface area contributed by atoms with Crippen molar-refractivity contribution in [1.82, 2.24) is 0 Å². The zero-order valence-corrected chi connectivity index (χ0v) is 11.4. The lowest BCUT2D eigenvalue weighted by molar-refractivity contribution is -0.110. The molecule has 0 aliphatic heterocycles. The Morgan fingerprint density at radius 2 is 1.71 bits per heavy atom. The molecule has 0 unspecified atom stereocenters. The minimum atomic E-state index is -0.527. The van der Waals surface area contributed by atoms with Crippen LogP contribution in [0.2, 0.25) is 0 Å². The molecule has 0 atom stereocenters. The molecule has 2 aromatic carbocycles. The first-order chi connectivity index (χ1) is 10.1.